The molecule has 0 atom stereocenters. The summed E-state index contributed by atoms with van der Waals surface area (Å²) in [7, 11) is 1.71. The maximum Gasteiger partial charge on any atom is 0.317 e. The van der Waals surface area contributed by atoms with Crippen LogP contribution < -0.4 is 10.1 Å². The van der Waals surface area contributed by atoms with Crippen LogP contribution in [0.4, 0.5) is 4.79 Å². The SMILES string of the molecule is COc1ccc2[nH]c3c(c2c1)CCOC31CCN(C(=O)NC2CCCCC2)CC1. The van der Waals surface area contributed by atoms with Crippen molar-refractivity contribution in [1.29, 1.82) is 0 Å². The lowest BCUT2D eigenvalue weighted by Crippen LogP contribution is -2.52. The highest BCUT2D eigenvalue weighted by Gasteiger charge is 2.43. The Morgan fingerprint density at radius 2 is 2.03 bits per heavy atom. The molecule has 0 bridgehead atoms. The Morgan fingerprint density at radius 1 is 1.24 bits per heavy atom. The quantitative estimate of drug-likeness (QED) is 0.802. The Labute approximate surface area is 171 Å². The number of aromatic nitrogens is 1. The van der Waals surface area contributed by atoms with Crippen molar-refractivity contribution in [3.8, 4) is 5.75 Å². The van der Waals surface area contributed by atoms with E-state index in [-0.39, 0.29) is 11.6 Å². The van der Waals surface area contributed by atoms with Gasteiger partial charge in [0.1, 0.15) is 11.4 Å². The number of hydrogen-bond donors (Lipinski definition) is 2. The topological polar surface area (TPSA) is 66.6 Å². The van der Waals surface area contributed by atoms with Crippen LogP contribution in [0.2, 0.25) is 0 Å². The number of aromatic amines is 1. The van der Waals surface area contributed by atoms with Crippen molar-refractivity contribution in [3.63, 3.8) is 0 Å². The number of nitrogens with one attached hydrogen (secondary N) is 2. The summed E-state index contributed by atoms with van der Waals surface area (Å²) >= 11 is 0. The molecule has 3 aliphatic rings. The third-order valence-electron chi connectivity index (χ3n) is 7.09. The summed E-state index contributed by atoms with van der Waals surface area (Å²) in [6, 6.07) is 6.66. The first-order valence-electron chi connectivity index (χ1n) is 11.1. The number of rotatable bonds is 2. The van der Waals surface area contributed by atoms with Crippen molar-refractivity contribution in [2.75, 3.05) is 26.8 Å². The zero-order chi connectivity index (χ0) is 19.8. The van der Waals surface area contributed by atoms with E-state index in [1.807, 2.05) is 11.0 Å². The molecule has 1 aromatic carbocycles. The second kappa shape index (κ2) is 7.56. The summed E-state index contributed by atoms with van der Waals surface area (Å²) < 4.78 is 11.8. The zero-order valence-electron chi connectivity index (χ0n) is 17.3. The molecule has 6 heteroatoms. The Kier molecular flexibility index (Phi) is 4.90. The van der Waals surface area contributed by atoms with Crippen LogP contribution in [0, 0.1) is 0 Å². The van der Waals surface area contributed by atoms with E-state index in [2.05, 4.69) is 22.4 Å². The number of likely N-dealkylation sites (tertiary alicyclic amines) is 1. The minimum Gasteiger partial charge on any atom is -0.497 e. The molecule has 2 aliphatic heterocycles. The summed E-state index contributed by atoms with van der Waals surface area (Å²) in [5.74, 6) is 0.883. The molecule has 2 amide bonds. The van der Waals surface area contributed by atoms with Crippen LogP contribution in [0.15, 0.2) is 18.2 Å². The fourth-order valence-electron chi connectivity index (χ4n) is 5.40. The molecular weight excluding hydrogens is 366 g/mol. The van der Waals surface area contributed by atoms with Gasteiger partial charge < -0.3 is 24.7 Å². The number of urea groups is 1. The number of piperidine rings is 1. The highest BCUT2D eigenvalue weighted by molar-refractivity contribution is 5.86. The van der Waals surface area contributed by atoms with Gasteiger partial charge in [0.25, 0.3) is 0 Å². The molecule has 156 valence electrons. The molecule has 3 heterocycles. The number of amides is 2. The molecule has 29 heavy (non-hydrogen) atoms. The van der Waals surface area contributed by atoms with Crippen LogP contribution in [0.1, 0.15) is 56.2 Å². The highest BCUT2D eigenvalue weighted by atomic mass is 16.5. The van der Waals surface area contributed by atoms with Crippen molar-refractivity contribution in [3.05, 3.63) is 29.5 Å². The summed E-state index contributed by atoms with van der Waals surface area (Å²) in [5, 5.41) is 4.49. The van der Waals surface area contributed by atoms with E-state index in [9.17, 15) is 4.79 Å². The van der Waals surface area contributed by atoms with Crippen LogP contribution in [0.5, 0.6) is 5.75 Å². The number of benzene rings is 1. The molecule has 5 rings (SSSR count). The predicted molar refractivity (Wildman–Crippen MR) is 112 cm³/mol. The number of nitrogens with zero attached hydrogens (tertiary/aromatic N) is 1. The van der Waals surface area contributed by atoms with Gasteiger partial charge in [-0.2, -0.15) is 0 Å². The number of carbonyl (C=O) groups excluding carboxylic acids is 1. The minimum absolute atomic E-state index is 0.101. The summed E-state index contributed by atoms with van der Waals surface area (Å²) in [5.41, 5.74) is 3.39. The van der Waals surface area contributed by atoms with Gasteiger partial charge >= 0.3 is 6.03 Å². The summed E-state index contributed by atoms with van der Waals surface area (Å²) in [4.78, 5) is 18.4. The van der Waals surface area contributed by atoms with Gasteiger partial charge in [0.15, 0.2) is 0 Å². The highest BCUT2D eigenvalue weighted by Crippen LogP contribution is 2.44. The molecule has 0 radical (unpaired) electrons. The largest absolute Gasteiger partial charge is 0.497 e. The third-order valence-corrected chi connectivity index (χ3v) is 7.09. The van der Waals surface area contributed by atoms with Crippen LogP contribution in [-0.4, -0.2) is 48.8 Å². The minimum atomic E-state index is -0.304. The number of methoxy groups -OCH3 is 1. The van der Waals surface area contributed by atoms with Gasteiger partial charge in [-0.1, -0.05) is 19.3 Å². The van der Waals surface area contributed by atoms with Crippen molar-refractivity contribution in [2.45, 2.75) is 63.0 Å². The average molecular weight is 398 g/mol. The van der Waals surface area contributed by atoms with Crippen LogP contribution in [-0.2, 0) is 16.8 Å². The maximum atomic E-state index is 12.7. The van der Waals surface area contributed by atoms with Gasteiger partial charge in [-0.3, -0.25) is 0 Å². The fourth-order valence-corrected chi connectivity index (χ4v) is 5.40. The average Bonchev–Trinajstić information content (AvgIpc) is 3.14. The molecule has 1 spiro atoms. The Bertz CT molecular complexity index is 892. The van der Waals surface area contributed by atoms with Crippen molar-refractivity contribution >= 4 is 16.9 Å². The molecule has 2 aromatic rings. The summed E-state index contributed by atoms with van der Waals surface area (Å²) in [6.07, 6.45) is 8.59. The van der Waals surface area contributed by atoms with Crippen LogP contribution >= 0.6 is 0 Å². The van der Waals surface area contributed by atoms with E-state index in [4.69, 9.17) is 9.47 Å². The lowest BCUT2D eigenvalue weighted by molar-refractivity contribution is -0.0949. The van der Waals surface area contributed by atoms with Crippen molar-refractivity contribution in [2.24, 2.45) is 0 Å². The monoisotopic (exact) mass is 397 g/mol. The molecule has 1 saturated carbocycles. The van der Waals surface area contributed by atoms with Gasteiger partial charge in [-0.05, 0) is 55.9 Å². The first-order valence-corrected chi connectivity index (χ1v) is 11.1. The van der Waals surface area contributed by atoms with E-state index in [1.54, 1.807) is 7.11 Å². The smallest absolute Gasteiger partial charge is 0.317 e. The Hall–Kier alpha value is -2.21. The summed E-state index contributed by atoms with van der Waals surface area (Å²) in [6.45, 7) is 2.19. The number of H-pyrrole nitrogens is 1. The van der Waals surface area contributed by atoms with E-state index in [0.717, 1.165) is 63.1 Å². The first-order chi connectivity index (χ1) is 14.2. The predicted octanol–water partition coefficient (Wildman–Crippen LogP) is 4.08. The van der Waals surface area contributed by atoms with Crippen LogP contribution in [0.3, 0.4) is 0 Å². The second-order valence-corrected chi connectivity index (χ2v) is 8.75. The molecule has 0 unspecified atom stereocenters. The van der Waals surface area contributed by atoms with Gasteiger partial charge in [-0.25, -0.2) is 4.79 Å². The number of fused-ring (bicyclic) bond motifs is 4. The Morgan fingerprint density at radius 3 is 2.79 bits per heavy atom. The van der Waals surface area contributed by atoms with Gasteiger partial charge in [-0.15, -0.1) is 0 Å². The van der Waals surface area contributed by atoms with Gasteiger partial charge in [0, 0.05) is 30.0 Å². The lowest BCUT2D eigenvalue weighted by atomic mass is 9.83. The number of ether oxygens (including phenoxy) is 2. The van der Waals surface area contributed by atoms with E-state index in [0.29, 0.717) is 6.04 Å². The Balaban J connectivity index is 1.33. The van der Waals surface area contributed by atoms with Crippen molar-refractivity contribution in [1.82, 2.24) is 15.2 Å². The molecule has 2 N–H and O–H groups in total. The maximum absolute atomic E-state index is 12.7. The van der Waals surface area contributed by atoms with Crippen molar-refractivity contribution < 1.29 is 14.3 Å². The number of carbonyl (C=O) groups is 1. The lowest BCUT2D eigenvalue weighted by Gasteiger charge is -2.44. The van der Waals surface area contributed by atoms with E-state index >= 15 is 0 Å². The standard InChI is InChI=1S/C23H31N3O3/c1-28-17-7-8-20-19(15-17)18-9-14-29-23(21(18)25-20)10-12-26(13-11-23)22(27)24-16-5-3-2-4-6-16/h7-8,15-16,25H,2-6,9-14H2,1H3,(H,24,27). The van der Waals surface area contributed by atoms with Crippen LogP contribution in [0.25, 0.3) is 10.9 Å². The van der Waals surface area contributed by atoms with E-state index in [1.165, 1.54) is 35.9 Å². The molecular formula is C23H31N3O3. The fraction of sp³-hybridized carbons (Fsp3) is 0.609. The zero-order valence-corrected chi connectivity index (χ0v) is 17.3. The number of hydrogen-bond acceptors (Lipinski definition) is 3. The molecule has 2 fully saturated rings. The normalized spacial score (nSPS) is 21.9. The van der Waals surface area contributed by atoms with Gasteiger partial charge in [0.05, 0.1) is 19.4 Å². The van der Waals surface area contributed by atoms with Gasteiger partial charge in [0.2, 0.25) is 0 Å². The molecule has 1 aliphatic carbocycles. The first kappa shape index (κ1) is 18.8. The molecule has 1 aromatic heterocycles. The molecule has 6 nitrogen and oxygen atoms in total. The molecule has 1 saturated heterocycles. The van der Waals surface area contributed by atoms with E-state index < -0.39 is 0 Å². The third kappa shape index (κ3) is 3.37. The second-order valence-electron chi connectivity index (χ2n) is 8.75.